The van der Waals surface area contributed by atoms with E-state index in [0.29, 0.717) is 49.0 Å². The summed E-state index contributed by atoms with van der Waals surface area (Å²) in [4.78, 5) is 46.9. The van der Waals surface area contributed by atoms with E-state index in [2.05, 4.69) is 0 Å². The largest absolute Gasteiger partial charge is 0.497 e. The molecule has 0 spiro atoms. The summed E-state index contributed by atoms with van der Waals surface area (Å²) in [5, 5.41) is 14.8. The van der Waals surface area contributed by atoms with Crippen LogP contribution in [0.4, 0.5) is 0 Å². The molecule has 188 valence electrons. The molecule has 3 rings (SSSR count). The van der Waals surface area contributed by atoms with E-state index in [0.717, 1.165) is 5.56 Å². The summed E-state index contributed by atoms with van der Waals surface area (Å²) in [7, 11) is 3.10. The van der Waals surface area contributed by atoms with Crippen LogP contribution in [0, 0.1) is 6.92 Å². The van der Waals surface area contributed by atoms with Crippen molar-refractivity contribution in [3.05, 3.63) is 53.6 Å². The Bertz CT molecular complexity index is 1030. The first kappa shape index (κ1) is 27.0. The van der Waals surface area contributed by atoms with E-state index in [9.17, 15) is 9.59 Å². The molecule has 0 atom stereocenters. The highest BCUT2D eigenvalue weighted by molar-refractivity contribution is 6.27. The zero-order valence-electron chi connectivity index (χ0n) is 19.7. The summed E-state index contributed by atoms with van der Waals surface area (Å²) < 4.78 is 16.1. The van der Waals surface area contributed by atoms with Gasteiger partial charge in [0.05, 0.1) is 14.2 Å². The number of ether oxygens (including phenoxy) is 3. The third kappa shape index (κ3) is 8.22. The average molecular weight is 488 g/mol. The Balaban J connectivity index is 0.000000641. The van der Waals surface area contributed by atoms with Crippen LogP contribution in [-0.2, 0) is 14.4 Å². The summed E-state index contributed by atoms with van der Waals surface area (Å²) in [5.41, 5.74) is 1.58. The Labute approximate surface area is 202 Å². The number of carbonyl (C=O) groups is 4. The molecule has 11 heteroatoms. The quantitative estimate of drug-likeness (QED) is 0.579. The first-order valence-electron chi connectivity index (χ1n) is 10.6. The van der Waals surface area contributed by atoms with Crippen LogP contribution in [0.5, 0.6) is 17.2 Å². The highest BCUT2D eigenvalue weighted by Crippen LogP contribution is 2.24. The third-order valence-electron chi connectivity index (χ3n) is 5.05. The molecule has 2 N–H and O–H groups in total. The van der Waals surface area contributed by atoms with Crippen molar-refractivity contribution in [3.8, 4) is 17.2 Å². The molecular weight excluding hydrogens is 460 g/mol. The van der Waals surface area contributed by atoms with Gasteiger partial charge < -0.3 is 34.2 Å². The van der Waals surface area contributed by atoms with Crippen molar-refractivity contribution in [2.75, 3.05) is 47.0 Å². The minimum Gasteiger partial charge on any atom is -0.497 e. The van der Waals surface area contributed by atoms with Gasteiger partial charge in [-0.2, -0.15) is 0 Å². The van der Waals surface area contributed by atoms with Crippen LogP contribution in [0.2, 0.25) is 0 Å². The monoisotopic (exact) mass is 488 g/mol. The number of methoxy groups -OCH3 is 2. The van der Waals surface area contributed by atoms with Gasteiger partial charge in [-0.3, -0.25) is 9.59 Å². The number of piperazine rings is 1. The van der Waals surface area contributed by atoms with Crippen molar-refractivity contribution in [3.63, 3.8) is 0 Å². The van der Waals surface area contributed by atoms with Gasteiger partial charge in [0, 0.05) is 37.8 Å². The average Bonchev–Trinajstić information content (AvgIpc) is 2.86. The summed E-state index contributed by atoms with van der Waals surface area (Å²) in [6.45, 7) is 3.85. The number of nitrogens with zero attached hydrogens (tertiary/aromatic N) is 2. The number of benzene rings is 2. The van der Waals surface area contributed by atoms with Crippen LogP contribution in [0.3, 0.4) is 0 Å². The van der Waals surface area contributed by atoms with Crippen molar-refractivity contribution in [2.45, 2.75) is 6.92 Å². The van der Waals surface area contributed by atoms with Crippen LogP contribution in [0.1, 0.15) is 15.9 Å². The molecule has 0 unspecified atom stereocenters. The molecule has 2 aromatic carbocycles. The van der Waals surface area contributed by atoms with Gasteiger partial charge in [-0.1, -0.05) is 12.1 Å². The zero-order valence-corrected chi connectivity index (χ0v) is 19.7. The second-order valence-electron chi connectivity index (χ2n) is 7.49. The van der Waals surface area contributed by atoms with Gasteiger partial charge in [-0.15, -0.1) is 0 Å². The number of carbonyl (C=O) groups excluding carboxylic acids is 2. The molecule has 0 radical (unpaired) electrons. The summed E-state index contributed by atoms with van der Waals surface area (Å²) >= 11 is 0. The molecular formula is C24H28N2O9. The van der Waals surface area contributed by atoms with E-state index >= 15 is 0 Å². The van der Waals surface area contributed by atoms with E-state index in [1.165, 1.54) is 0 Å². The minimum atomic E-state index is -1.82. The maximum absolute atomic E-state index is 12.8. The Kier molecular flexibility index (Phi) is 9.88. The van der Waals surface area contributed by atoms with Gasteiger partial charge in [-0.05, 0) is 36.8 Å². The van der Waals surface area contributed by atoms with E-state index < -0.39 is 11.9 Å². The first-order valence-corrected chi connectivity index (χ1v) is 10.6. The first-order chi connectivity index (χ1) is 16.6. The van der Waals surface area contributed by atoms with Crippen molar-refractivity contribution in [1.82, 2.24) is 9.80 Å². The third-order valence-corrected chi connectivity index (χ3v) is 5.05. The molecule has 0 bridgehead atoms. The lowest BCUT2D eigenvalue weighted by Crippen LogP contribution is -2.51. The predicted molar refractivity (Wildman–Crippen MR) is 124 cm³/mol. The second kappa shape index (κ2) is 12.8. The van der Waals surface area contributed by atoms with Gasteiger partial charge in [0.2, 0.25) is 0 Å². The van der Waals surface area contributed by atoms with E-state index in [1.807, 2.05) is 31.2 Å². The molecule has 2 amide bonds. The van der Waals surface area contributed by atoms with Crippen molar-refractivity contribution >= 4 is 23.8 Å². The molecule has 0 aliphatic carbocycles. The summed E-state index contributed by atoms with van der Waals surface area (Å²) in [6, 6.07) is 12.7. The fourth-order valence-corrected chi connectivity index (χ4v) is 3.21. The number of aryl methyl sites for hydroxylation is 1. The molecule has 35 heavy (non-hydrogen) atoms. The van der Waals surface area contributed by atoms with Crippen LogP contribution in [-0.4, -0.2) is 90.8 Å². The zero-order chi connectivity index (χ0) is 26.0. The lowest BCUT2D eigenvalue weighted by molar-refractivity contribution is -0.159. The second-order valence-corrected chi connectivity index (χ2v) is 7.49. The van der Waals surface area contributed by atoms with Gasteiger partial charge in [0.25, 0.3) is 11.8 Å². The van der Waals surface area contributed by atoms with Gasteiger partial charge in [0.15, 0.2) is 6.61 Å². The maximum Gasteiger partial charge on any atom is 0.414 e. The van der Waals surface area contributed by atoms with Gasteiger partial charge in [-0.25, -0.2) is 9.59 Å². The molecule has 1 fully saturated rings. The van der Waals surface area contributed by atoms with E-state index in [1.54, 1.807) is 42.2 Å². The fraction of sp³-hybridized carbons (Fsp3) is 0.333. The molecule has 2 aromatic rings. The highest BCUT2D eigenvalue weighted by atomic mass is 16.5. The number of hydrogen-bond acceptors (Lipinski definition) is 7. The molecule has 0 saturated carbocycles. The van der Waals surface area contributed by atoms with Crippen LogP contribution in [0.25, 0.3) is 0 Å². The number of amides is 2. The number of hydrogen-bond donors (Lipinski definition) is 2. The van der Waals surface area contributed by atoms with E-state index in [-0.39, 0.29) is 18.4 Å². The Hall–Kier alpha value is -4.28. The minimum absolute atomic E-state index is 0.00944. The normalized spacial score (nSPS) is 12.7. The van der Waals surface area contributed by atoms with Crippen LogP contribution in [0.15, 0.2) is 42.5 Å². The Morgan fingerprint density at radius 1 is 0.800 bits per heavy atom. The lowest BCUT2D eigenvalue weighted by Gasteiger charge is -2.34. The SMILES string of the molecule is COc1cc(OC)cc(C(=O)N2CCN(C(=O)COc3cccc(C)c3)CC2)c1.O=C(O)C(=O)O. The standard InChI is InChI=1S/C22H26N2O5.C2H2O4/c1-16-5-4-6-18(11-16)29-15-21(25)23-7-9-24(10-8-23)22(26)17-12-19(27-2)14-20(13-17)28-3;3-1(4)2(5)6/h4-6,11-14H,7-10,15H2,1-3H3;(H,3,4)(H,5,6). The summed E-state index contributed by atoms with van der Waals surface area (Å²) in [6.07, 6.45) is 0. The molecule has 0 aromatic heterocycles. The van der Waals surface area contributed by atoms with Crippen LogP contribution < -0.4 is 14.2 Å². The summed E-state index contributed by atoms with van der Waals surface area (Å²) in [5.74, 6) is -2.03. The predicted octanol–water partition coefficient (Wildman–Crippen LogP) is 1.53. The lowest BCUT2D eigenvalue weighted by atomic mass is 10.1. The fourth-order valence-electron chi connectivity index (χ4n) is 3.21. The highest BCUT2D eigenvalue weighted by Gasteiger charge is 2.25. The van der Waals surface area contributed by atoms with E-state index in [4.69, 9.17) is 34.0 Å². The van der Waals surface area contributed by atoms with Crippen LogP contribution >= 0.6 is 0 Å². The molecule has 1 heterocycles. The van der Waals surface area contributed by atoms with Gasteiger partial charge >= 0.3 is 11.9 Å². The molecule has 1 saturated heterocycles. The Morgan fingerprint density at radius 3 is 1.83 bits per heavy atom. The van der Waals surface area contributed by atoms with Crippen molar-refractivity contribution in [1.29, 1.82) is 0 Å². The number of carboxylic acid groups (broad SMARTS) is 2. The number of carboxylic acids is 2. The van der Waals surface area contributed by atoms with Crippen molar-refractivity contribution < 1.29 is 43.6 Å². The number of aliphatic carboxylic acids is 2. The maximum atomic E-state index is 12.8. The molecule has 1 aliphatic rings. The Morgan fingerprint density at radius 2 is 1.34 bits per heavy atom. The smallest absolute Gasteiger partial charge is 0.414 e. The molecule has 11 nitrogen and oxygen atoms in total. The molecule has 1 aliphatic heterocycles. The van der Waals surface area contributed by atoms with Crippen molar-refractivity contribution in [2.24, 2.45) is 0 Å². The topological polar surface area (TPSA) is 143 Å². The van der Waals surface area contributed by atoms with Gasteiger partial charge in [0.1, 0.15) is 17.2 Å². The number of rotatable bonds is 6.